The summed E-state index contributed by atoms with van der Waals surface area (Å²) in [5.41, 5.74) is 1.83. The molecule has 0 aromatic heterocycles. The lowest BCUT2D eigenvalue weighted by atomic mass is 10.2. The first-order valence-corrected chi connectivity index (χ1v) is 8.46. The third-order valence-electron chi connectivity index (χ3n) is 2.94. The highest BCUT2D eigenvalue weighted by Crippen LogP contribution is 2.18. The Morgan fingerprint density at radius 2 is 1.71 bits per heavy atom. The fraction of sp³-hybridized carbons (Fsp3) is 0.200. The average molecular weight is 325 g/mol. The maximum atomic E-state index is 11.8. The van der Waals surface area contributed by atoms with Crippen LogP contribution in [-0.2, 0) is 16.6 Å². The molecule has 0 fully saturated rings. The van der Waals surface area contributed by atoms with Crippen molar-refractivity contribution < 1.29 is 8.42 Å². The van der Waals surface area contributed by atoms with Crippen LogP contribution in [0.3, 0.4) is 0 Å². The zero-order valence-electron chi connectivity index (χ0n) is 11.6. The van der Waals surface area contributed by atoms with Crippen LogP contribution < -0.4 is 10.0 Å². The van der Waals surface area contributed by atoms with E-state index in [0.29, 0.717) is 18.1 Å². The van der Waals surface area contributed by atoms with Crippen molar-refractivity contribution in [2.45, 2.75) is 18.4 Å². The standard InChI is InChI=1S/C15H17ClN2O2S/c1-2-18-21(19,20)14-9-7-13(8-10-14)17-11-12-5-3-4-6-15(12)16/h3-10,17-18H,2,11H2,1H3. The number of sulfonamides is 1. The lowest BCUT2D eigenvalue weighted by molar-refractivity contribution is 0.584. The second-order valence-corrected chi connectivity index (χ2v) is 6.64. The Morgan fingerprint density at radius 1 is 1.05 bits per heavy atom. The van der Waals surface area contributed by atoms with E-state index >= 15 is 0 Å². The molecular formula is C15H17ClN2O2S. The van der Waals surface area contributed by atoms with E-state index in [4.69, 9.17) is 11.6 Å². The van der Waals surface area contributed by atoms with Crippen LogP contribution in [-0.4, -0.2) is 15.0 Å². The fourth-order valence-electron chi connectivity index (χ4n) is 1.86. The molecule has 112 valence electrons. The molecule has 0 saturated carbocycles. The first-order valence-electron chi connectivity index (χ1n) is 6.60. The van der Waals surface area contributed by atoms with Crippen molar-refractivity contribution in [3.05, 3.63) is 59.1 Å². The van der Waals surface area contributed by atoms with Gasteiger partial charge < -0.3 is 5.32 Å². The van der Waals surface area contributed by atoms with Gasteiger partial charge in [-0.05, 0) is 35.9 Å². The molecule has 0 radical (unpaired) electrons. The van der Waals surface area contributed by atoms with Crippen molar-refractivity contribution in [1.29, 1.82) is 0 Å². The van der Waals surface area contributed by atoms with Gasteiger partial charge >= 0.3 is 0 Å². The molecule has 6 heteroatoms. The molecule has 0 saturated heterocycles. The van der Waals surface area contributed by atoms with Crippen LogP contribution in [0.5, 0.6) is 0 Å². The van der Waals surface area contributed by atoms with E-state index in [0.717, 1.165) is 11.3 Å². The molecule has 0 bridgehead atoms. The number of nitrogens with one attached hydrogen (secondary N) is 2. The van der Waals surface area contributed by atoms with Crippen LogP contribution in [0.1, 0.15) is 12.5 Å². The number of hydrogen-bond donors (Lipinski definition) is 2. The Kier molecular flexibility index (Phi) is 5.22. The van der Waals surface area contributed by atoms with Crippen LogP contribution in [0.2, 0.25) is 5.02 Å². The largest absolute Gasteiger partial charge is 0.381 e. The van der Waals surface area contributed by atoms with Gasteiger partial charge in [0, 0.05) is 23.8 Å². The van der Waals surface area contributed by atoms with Gasteiger partial charge in [0.05, 0.1) is 4.90 Å². The lowest BCUT2D eigenvalue weighted by Crippen LogP contribution is -2.23. The molecule has 2 rings (SSSR count). The van der Waals surface area contributed by atoms with Gasteiger partial charge in [-0.2, -0.15) is 0 Å². The minimum absolute atomic E-state index is 0.257. The molecule has 0 amide bonds. The zero-order chi connectivity index (χ0) is 15.3. The zero-order valence-corrected chi connectivity index (χ0v) is 13.2. The number of halogens is 1. The third-order valence-corrected chi connectivity index (χ3v) is 4.87. The second-order valence-electron chi connectivity index (χ2n) is 4.47. The maximum absolute atomic E-state index is 11.8. The van der Waals surface area contributed by atoms with Crippen molar-refractivity contribution in [2.24, 2.45) is 0 Å². The van der Waals surface area contributed by atoms with Gasteiger partial charge in [-0.1, -0.05) is 36.7 Å². The maximum Gasteiger partial charge on any atom is 0.240 e. The molecule has 0 unspecified atom stereocenters. The summed E-state index contributed by atoms with van der Waals surface area (Å²) in [6, 6.07) is 14.2. The first kappa shape index (κ1) is 15.8. The Bertz CT molecular complexity index is 700. The Hall–Kier alpha value is -1.56. The van der Waals surface area contributed by atoms with Crippen molar-refractivity contribution in [3.63, 3.8) is 0 Å². The molecule has 0 aliphatic heterocycles. The summed E-state index contributed by atoms with van der Waals surface area (Å²) in [7, 11) is -3.40. The smallest absolute Gasteiger partial charge is 0.240 e. The molecular weight excluding hydrogens is 308 g/mol. The molecule has 2 aromatic carbocycles. The van der Waals surface area contributed by atoms with E-state index in [1.807, 2.05) is 24.3 Å². The third kappa shape index (κ3) is 4.20. The first-order chi connectivity index (χ1) is 10.0. The fourth-order valence-corrected chi connectivity index (χ4v) is 3.11. The summed E-state index contributed by atoms with van der Waals surface area (Å²) in [6.07, 6.45) is 0. The SMILES string of the molecule is CCNS(=O)(=O)c1ccc(NCc2ccccc2Cl)cc1. The monoisotopic (exact) mass is 324 g/mol. The van der Waals surface area contributed by atoms with Crippen LogP contribution >= 0.6 is 11.6 Å². The van der Waals surface area contributed by atoms with E-state index in [2.05, 4.69) is 10.0 Å². The van der Waals surface area contributed by atoms with E-state index < -0.39 is 10.0 Å². The van der Waals surface area contributed by atoms with E-state index in [1.165, 1.54) is 0 Å². The highest BCUT2D eigenvalue weighted by atomic mass is 35.5. The quantitative estimate of drug-likeness (QED) is 0.857. The predicted octanol–water partition coefficient (Wildman–Crippen LogP) is 3.25. The summed E-state index contributed by atoms with van der Waals surface area (Å²) in [4.78, 5) is 0.257. The molecule has 0 atom stereocenters. The Labute approximate surface area is 130 Å². The molecule has 0 aliphatic carbocycles. The van der Waals surface area contributed by atoms with Gasteiger partial charge in [0.2, 0.25) is 10.0 Å². The topological polar surface area (TPSA) is 58.2 Å². The minimum atomic E-state index is -3.40. The van der Waals surface area contributed by atoms with E-state index in [9.17, 15) is 8.42 Å². The van der Waals surface area contributed by atoms with Gasteiger partial charge in [-0.15, -0.1) is 0 Å². The van der Waals surface area contributed by atoms with Crippen LogP contribution in [0.25, 0.3) is 0 Å². The van der Waals surface area contributed by atoms with Crippen molar-refractivity contribution in [1.82, 2.24) is 4.72 Å². The highest BCUT2D eigenvalue weighted by molar-refractivity contribution is 7.89. The second kappa shape index (κ2) is 6.93. The molecule has 0 heterocycles. The van der Waals surface area contributed by atoms with Crippen molar-refractivity contribution >= 4 is 27.3 Å². The average Bonchev–Trinajstić information content (AvgIpc) is 2.47. The number of benzene rings is 2. The van der Waals surface area contributed by atoms with E-state index in [1.54, 1.807) is 31.2 Å². The number of hydrogen-bond acceptors (Lipinski definition) is 3. The van der Waals surface area contributed by atoms with Crippen molar-refractivity contribution in [2.75, 3.05) is 11.9 Å². The van der Waals surface area contributed by atoms with Gasteiger partial charge in [-0.3, -0.25) is 0 Å². The lowest BCUT2D eigenvalue weighted by Gasteiger charge is -2.09. The molecule has 0 spiro atoms. The van der Waals surface area contributed by atoms with Gasteiger partial charge in [-0.25, -0.2) is 13.1 Å². The predicted molar refractivity (Wildman–Crippen MR) is 86.1 cm³/mol. The van der Waals surface area contributed by atoms with Crippen LogP contribution in [0, 0.1) is 0 Å². The summed E-state index contributed by atoms with van der Waals surface area (Å²) in [5, 5.41) is 3.92. The highest BCUT2D eigenvalue weighted by Gasteiger charge is 2.11. The van der Waals surface area contributed by atoms with Gasteiger partial charge in [0.25, 0.3) is 0 Å². The summed E-state index contributed by atoms with van der Waals surface area (Å²) >= 11 is 6.08. The molecule has 4 nitrogen and oxygen atoms in total. The summed E-state index contributed by atoms with van der Waals surface area (Å²) in [5.74, 6) is 0. The normalized spacial score (nSPS) is 11.3. The van der Waals surface area contributed by atoms with Crippen molar-refractivity contribution in [3.8, 4) is 0 Å². The summed E-state index contributed by atoms with van der Waals surface area (Å²) < 4.78 is 26.1. The number of anilines is 1. The van der Waals surface area contributed by atoms with Gasteiger partial charge in [0.1, 0.15) is 0 Å². The molecule has 21 heavy (non-hydrogen) atoms. The molecule has 2 aromatic rings. The Balaban J connectivity index is 2.05. The number of rotatable bonds is 6. The van der Waals surface area contributed by atoms with E-state index in [-0.39, 0.29) is 4.90 Å². The van der Waals surface area contributed by atoms with Gasteiger partial charge in [0.15, 0.2) is 0 Å². The summed E-state index contributed by atoms with van der Waals surface area (Å²) in [6.45, 7) is 2.70. The minimum Gasteiger partial charge on any atom is -0.381 e. The molecule has 2 N–H and O–H groups in total. The Morgan fingerprint density at radius 3 is 2.33 bits per heavy atom. The van der Waals surface area contributed by atoms with Crippen LogP contribution in [0.15, 0.2) is 53.4 Å². The van der Waals surface area contributed by atoms with Crippen LogP contribution in [0.4, 0.5) is 5.69 Å². The molecule has 0 aliphatic rings.